The number of benzene rings is 2. The van der Waals surface area contributed by atoms with Crippen molar-refractivity contribution in [1.82, 2.24) is 4.90 Å². The van der Waals surface area contributed by atoms with Gasteiger partial charge in [0.1, 0.15) is 11.8 Å². The van der Waals surface area contributed by atoms with Crippen molar-refractivity contribution in [2.45, 2.75) is 63.1 Å². The number of carbonyl (C=O) groups is 3. The third kappa shape index (κ3) is 4.90. The van der Waals surface area contributed by atoms with Crippen LogP contribution in [0, 0.1) is 31.6 Å². The van der Waals surface area contributed by atoms with Crippen molar-refractivity contribution in [2.24, 2.45) is 17.8 Å². The minimum Gasteiger partial charge on any atom is -0.494 e. The summed E-state index contributed by atoms with van der Waals surface area (Å²) in [5.74, 6) is -1.46. The van der Waals surface area contributed by atoms with Crippen molar-refractivity contribution >= 4 is 40.9 Å². The molecule has 9 heteroatoms. The smallest absolute Gasteiger partial charge is 0.251 e. The summed E-state index contributed by atoms with van der Waals surface area (Å²) >= 11 is 1.56. The molecule has 0 radical (unpaired) electrons. The molecule has 1 spiro atoms. The molecule has 6 atom stereocenters. The summed E-state index contributed by atoms with van der Waals surface area (Å²) in [5.41, 5.74) is 3.54. The Hall–Kier alpha value is -3.56. The van der Waals surface area contributed by atoms with E-state index in [1.807, 2.05) is 102 Å². The Labute approximate surface area is 270 Å². The van der Waals surface area contributed by atoms with Crippen LogP contribution in [0.5, 0.6) is 5.75 Å². The summed E-state index contributed by atoms with van der Waals surface area (Å²) < 4.78 is 3.90. The fourth-order valence-electron chi connectivity index (χ4n) is 7.79. The predicted octanol–water partition coefficient (Wildman–Crippen LogP) is 4.91. The lowest BCUT2D eigenvalue weighted by molar-refractivity contribution is -0.143. The first-order valence-electron chi connectivity index (χ1n) is 15.9. The van der Waals surface area contributed by atoms with Crippen LogP contribution >= 0.6 is 11.8 Å². The van der Waals surface area contributed by atoms with Gasteiger partial charge in [0.05, 0.1) is 35.8 Å². The number of fused-ring (bicyclic) bond motifs is 2. The van der Waals surface area contributed by atoms with Gasteiger partial charge in [-0.25, -0.2) is 0 Å². The lowest BCUT2D eigenvalue weighted by Crippen LogP contribution is -2.58. The first-order chi connectivity index (χ1) is 21.5. The molecule has 0 aliphatic carbocycles. The third-order valence-electron chi connectivity index (χ3n) is 9.92. The third-order valence-corrected chi connectivity index (χ3v) is 11.7. The van der Waals surface area contributed by atoms with Crippen LogP contribution in [0.1, 0.15) is 38.8 Å². The van der Waals surface area contributed by atoms with E-state index in [0.29, 0.717) is 19.7 Å². The van der Waals surface area contributed by atoms with Crippen molar-refractivity contribution in [1.29, 1.82) is 0 Å². The fraction of sp³-hybridized carbons (Fsp3) is 0.472. The molecule has 2 saturated heterocycles. The van der Waals surface area contributed by atoms with Gasteiger partial charge in [0.25, 0.3) is 5.91 Å². The van der Waals surface area contributed by atoms with Crippen LogP contribution < -0.4 is 14.5 Å². The number of hydrogen-bond acceptors (Lipinski definition) is 6. The number of rotatable bonds is 7. The van der Waals surface area contributed by atoms with E-state index in [0.717, 1.165) is 28.3 Å². The summed E-state index contributed by atoms with van der Waals surface area (Å²) in [6, 6.07) is 12.0. The lowest BCUT2D eigenvalue weighted by atomic mass is 9.74. The van der Waals surface area contributed by atoms with Gasteiger partial charge in [0.2, 0.25) is 11.8 Å². The van der Waals surface area contributed by atoms with Crippen LogP contribution in [-0.4, -0.2) is 75.6 Å². The largest absolute Gasteiger partial charge is 0.494 e. The van der Waals surface area contributed by atoms with E-state index in [9.17, 15) is 19.5 Å². The molecule has 0 saturated carbocycles. The highest BCUT2D eigenvalue weighted by Gasteiger charge is 2.74. The average Bonchev–Trinajstić information content (AvgIpc) is 3.27. The Morgan fingerprint density at radius 2 is 1.62 bits per heavy atom. The number of ether oxygens (including phenoxy) is 1. The number of likely N-dealkylation sites (tertiary alicyclic amines) is 1. The predicted molar refractivity (Wildman–Crippen MR) is 179 cm³/mol. The number of aryl methyl sites for hydroxylation is 2. The number of aliphatic hydroxyl groups excluding tert-OH is 1. The Bertz CT molecular complexity index is 1570. The molecule has 4 heterocycles. The molecule has 3 amide bonds. The van der Waals surface area contributed by atoms with Gasteiger partial charge in [-0.15, -0.1) is 11.8 Å². The van der Waals surface area contributed by atoms with Gasteiger partial charge >= 0.3 is 0 Å². The molecule has 0 aromatic heterocycles. The molecule has 2 fully saturated rings. The second kappa shape index (κ2) is 11.7. The monoisotopic (exact) mass is 629 g/mol. The molecule has 45 heavy (non-hydrogen) atoms. The summed E-state index contributed by atoms with van der Waals surface area (Å²) in [6.45, 7) is 12.9. The molecular formula is C36H43N3O5S. The van der Waals surface area contributed by atoms with E-state index in [-0.39, 0.29) is 30.2 Å². The van der Waals surface area contributed by atoms with Crippen molar-refractivity contribution < 1.29 is 24.2 Å². The summed E-state index contributed by atoms with van der Waals surface area (Å²) in [7, 11) is 0. The van der Waals surface area contributed by atoms with E-state index < -0.39 is 33.4 Å². The zero-order chi connectivity index (χ0) is 32.3. The van der Waals surface area contributed by atoms with E-state index in [4.69, 9.17) is 4.74 Å². The van der Waals surface area contributed by atoms with E-state index >= 15 is 0 Å². The maximum Gasteiger partial charge on any atom is 0.251 e. The lowest BCUT2D eigenvalue weighted by Gasteiger charge is -2.41. The summed E-state index contributed by atoms with van der Waals surface area (Å²) in [5, 5.41) is 10.6. The molecule has 6 rings (SSSR count). The second-order valence-corrected chi connectivity index (χ2v) is 14.9. The first kappa shape index (κ1) is 31.4. The van der Waals surface area contributed by atoms with Crippen molar-refractivity contribution in [3.8, 4) is 5.75 Å². The number of carbonyl (C=O) groups excluding carboxylic acids is 3. The van der Waals surface area contributed by atoms with E-state index in [1.54, 1.807) is 26.5 Å². The maximum absolute atomic E-state index is 14.9. The van der Waals surface area contributed by atoms with Crippen LogP contribution in [0.4, 0.5) is 11.4 Å². The summed E-state index contributed by atoms with van der Waals surface area (Å²) in [4.78, 5) is 49.7. The van der Waals surface area contributed by atoms with Gasteiger partial charge < -0.3 is 24.5 Å². The number of anilines is 2. The maximum atomic E-state index is 14.9. The molecular weight excluding hydrogens is 586 g/mol. The zero-order valence-corrected chi connectivity index (χ0v) is 27.7. The van der Waals surface area contributed by atoms with Gasteiger partial charge in [-0.3, -0.25) is 14.4 Å². The molecule has 2 aromatic carbocycles. The van der Waals surface area contributed by atoms with Crippen LogP contribution in [0.25, 0.3) is 0 Å². The molecule has 1 unspecified atom stereocenters. The van der Waals surface area contributed by atoms with Gasteiger partial charge in [0.15, 0.2) is 0 Å². The second-order valence-electron chi connectivity index (χ2n) is 13.2. The van der Waals surface area contributed by atoms with Crippen molar-refractivity contribution in [2.75, 3.05) is 36.1 Å². The Kier molecular flexibility index (Phi) is 8.14. The molecule has 1 N–H and O–H groups in total. The minimum absolute atomic E-state index is 0.106. The van der Waals surface area contributed by atoms with Gasteiger partial charge in [-0.1, -0.05) is 50.3 Å². The number of thioether (sulfide) groups is 1. The van der Waals surface area contributed by atoms with Gasteiger partial charge in [-0.05, 0) is 75.1 Å². The highest BCUT2D eigenvalue weighted by atomic mass is 32.2. The average molecular weight is 630 g/mol. The van der Waals surface area contributed by atoms with Crippen LogP contribution in [0.3, 0.4) is 0 Å². The molecule has 4 aliphatic heterocycles. The first-order valence-corrected chi connectivity index (χ1v) is 16.7. The number of nitrogens with zero attached hydrogens (tertiary/aromatic N) is 3. The molecule has 238 valence electrons. The molecule has 4 aliphatic rings. The van der Waals surface area contributed by atoms with Gasteiger partial charge in [-0.2, -0.15) is 0 Å². The van der Waals surface area contributed by atoms with E-state index in [1.165, 1.54) is 0 Å². The number of aliphatic hydroxyl groups is 1. The normalized spacial score (nSPS) is 29.9. The zero-order valence-electron chi connectivity index (χ0n) is 26.9. The molecule has 8 nitrogen and oxygen atoms in total. The van der Waals surface area contributed by atoms with Crippen LogP contribution in [-0.2, 0) is 14.4 Å². The Balaban J connectivity index is 1.48. The molecule has 0 bridgehead atoms. The number of amides is 3. The fourth-order valence-corrected chi connectivity index (χ4v) is 9.93. The number of hydrogen-bond donors (Lipinski definition) is 1. The summed E-state index contributed by atoms with van der Waals surface area (Å²) in [6.07, 6.45) is 8.09. The van der Waals surface area contributed by atoms with Crippen LogP contribution in [0.2, 0.25) is 0 Å². The molecule has 2 aromatic rings. The highest BCUT2D eigenvalue weighted by Crippen LogP contribution is 2.66. The van der Waals surface area contributed by atoms with E-state index in [2.05, 4.69) is 6.08 Å². The Morgan fingerprint density at radius 3 is 2.29 bits per heavy atom. The minimum atomic E-state index is -0.996. The SMILES string of the molecule is CCOc1ccc(N2CC=C[C@]3(C)S[C@]45C=CCN(c6cc(C)ccc6C)C(=O)C4N([C@@H](CO)C(C)C)C(=O)[C@@H]5[C@@H]3C2=O)cc1. The van der Waals surface area contributed by atoms with Crippen molar-refractivity contribution in [3.05, 3.63) is 77.9 Å². The highest BCUT2D eigenvalue weighted by molar-refractivity contribution is 8.02. The Morgan fingerprint density at radius 1 is 0.933 bits per heavy atom. The topological polar surface area (TPSA) is 90.4 Å². The standard InChI is InChI=1S/C36H43N3O5S/c1-7-44-26-14-12-25(13-15-26)37-18-8-16-35(6)29(32(37)41)30-33(42)39(28(21-40)22(2)3)31-34(43)38(19-9-17-36(30,31)45-35)27-20-23(4)10-11-24(27)5/h8-17,20,22,28-31,40H,7,18-19,21H2,1-6H3/t28-,29+,30-,31?,35-,36-/m0/s1. The van der Waals surface area contributed by atoms with Crippen molar-refractivity contribution in [3.63, 3.8) is 0 Å². The quantitative estimate of drug-likeness (QED) is 0.438. The van der Waals surface area contributed by atoms with Gasteiger partial charge in [0, 0.05) is 29.2 Å². The van der Waals surface area contributed by atoms with Crippen LogP contribution in [0.15, 0.2) is 66.8 Å².